The van der Waals surface area contributed by atoms with E-state index in [0.29, 0.717) is 18.1 Å². The zero-order valence-electron chi connectivity index (χ0n) is 12.9. The minimum absolute atomic E-state index is 0.0465. The largest absolute Gasteiger partial charge is 0.382 e. The van der Waals surface area contributed by atoms with Gasteiger partial charge in [0.25, 0.3) is 0 Å². The molecule has 0 fully saturated rings. The number of carbonyl (C=O) groups is 1. The topological polar surface area (TPSA) is 51.2 Å². The average molecular weight is 351 g/mol. The van der Waals surface area contributed by atoms with Crippen LogP contribution in [0.3, 0.4) is 0 Å². The number of halogens is 1. The fourth-order valence-corrected chi connectivity index (χ4v) is 3.18. The highest BCUT2D eigenvalue weighted by Gasteiger charge is 2.15. The minimum atomic E-state index is -0.241. The maximum atomic E-state index is 12.1. The van der Waals surface area contributed by atoms with Gasteiger partial charge in [-0.2, -0.15) is 0 Å². The van der Waals surface area contributed by atoms with Gasteiger partial charge < -0.3 is 10.1 Å². The molecule has 1 amide bonds. The highest BCUT2D eigenvalue weighted by Crippen LogP contribution is 2.20. The molecule has 0 radical (unpaired) electrons. The van der Waals surface area contributed by atoms with Crippen molar-refractivity contribution < 1.29 is 9.53 Å². The summed E-state index contributed by atoms with van der Waals surface area (Å²) in [7, 11) is 1.61. The van der Waals surface area contributed by atoms with E-state index in [9.17, 15) is 4.79 Å². The van der Waals surface area contributed by atoms with Crippen molar-refractivity contribution in [2.24, 2.45) is 0 Å². The van der Waals surface area contributed by atoms with Gasteiger partial charge >= 0.3 is 0 Å². The second-order valence-electron chi connectivity index (χ2n) is 4.91. The molecule has 0 saturated heterocycles. The monoisotopic (exact) mass is 350 g/mol. The van der Waals surface area contributed by atoms with E-state index in [1.165, 1.54) is 11.8 Å². The van der Waals surface area contributed by atoms with Gasteiger partial charge in [-0.05, 0) is 23.8 Å². The number of benzene rings is 1. The van der Waals surface area contributed by atoms with Crippen LogP contribution in [0, 0.1) is 0 Å². The molecule has 1 heterocycles. The van der Waals surface area contributed by atoms with Crippen molar-refractivity contribution in [1.29, 1.82) is 0 Å². The van der Waals surface area contributed by atoms with Crippen LogP contribution in [0.5, 0.6) is 0 Å². The third kappa shape index (κ3) is 5.86. The predicted octanol–water partition coefficient (Wildman–Crippen LogP) is 3.47. The average Bonchev–Trinajstić information content (AvgIpc) is 2.57. The van der Waals surface area contributed by atoms with E-state index in [1.54, 1.807) is 13.3 Å². The van der Waals surface area contributed by atoms with Crippen molar-refractivity contribution >= 4 is 29.3 Å². The lowest BCUT2D eigenvalue weighted by Gasteiger charge is -2.17. The molecule has 0 aliphatic carbocycles. The second kappa shape index (κ2) is 9.55. The first-order valence-electron chi connectivity index (χ1n) is 7.21. The summed E-state index contributed by atoms with van der Waals surface area (Å²) in [6, 6.07) is 13.0. The van der Waals surface area contributed by atoms with Crippen LogP contribution in [-0.4, -0.2) is 30.4 Å². The maximum absolute atomic E-state index is 12.1. The van der Waals surface area contributed by atoms with Gasteiger partial charge in [-0.1, -0.05) is 35.9 Å². The van der Waals surface area contributed by atoms with Gasteiger partial charge in [0.15, 0.2) is 0 Å². The fraction of sp³-hybridized carbons (Fsp3) is 0.294. The van der Waals surface area contributed by atoms with Crippen LogP contribution in [0.15, 0.2) is 48.7 Å². The molecule has 0 saturated carbocycles. The van der Waals surface area contributed by atoms with Crippen molar-refractivity contribution in [2.75, 3.05) is 19.5 Å². The number of rotatable bonds is 8. The standard InChI is InChI=1S/C17H19ClN2O2S/c1-22-10-16(15-8-4-5-9-19-15)20-17(21)12-23-11-13-6-2-3-7-14(13)18/h2-9,16H,10-12H2,1H3,(H,20,21)/t16-/m1/s1. The molecule has 4 nitrogen and oxygen atoms in total. The Morgan fingerprint density at radius 3 is 2.78 bits per heavy atom. The van der Waals surface area contributed by atoms with Crippen molar-refractivity contribution in [3.63, 3.8) is 0 Å². The number of thioether (sulfide) groups is 1. The Morgan fingerprint density at radius 1 is 1.30 bits per heavy atom. The third-order valence-electron chi connectivity index (χ3n) is 3.16. The summed E-state index contributed by atoms with van der Waals surface area (Å²) < 4.78 is 5.17. The Hall–Kier alpha value is -1.56. The number of methoxy groups -OCH3 is 1. The number of nitrogens with one attached hydrogen (secondary N) is 1. The zero-order valence-corrected chi connectivity index (χ0v) is 14.4. The summed E-state index contributed by atoms with van der Waals surface area (Å²) in [6.45, 7) is 0.387. The Morgan fingerprint density at radius 2 is 2.09 bits per heavy atom. The molecular formula is C17H19ClN2O2S. The van der Waals surface area contributed by atoms with E-state index in [1.807, 2.05) is 42.5 Å². The number of hydrogen-bond acceptors (Lipinski definition) is 4. The summed E-state index contributed by atoms with van der Waals surface area (Å²) in [5, 5.41) is 3.68. The molecule has 0 bridgehead atoms. The van der Waals surface area contributed by atoms with Gasteiger partial charge in [0.2, 0.25) is 5.91 Å². The molecule has 0 aliphatic heterocycles. The number of aromatic nitrogens is 1. The van der Waals surface area contributed by atoms with Crippen molar-refractivity contribution in [2.45, 2.75) is 11.8 Å². The van der Waals surface area contributed by atoms with Gasteiger partial charge in [-0.3, -0.25) is 9.78 Å². The smallest absolute Gasteiger partial charge is 0.230 e. The maximum Gasteiger partial charge on any atom is 0.230 e. The summed E-state index contributed by atoms with van der Waals surface area (Å²) in [6.07, 6.45) is 1.70. The number of amides is 1. The molecular weight excluding hydrogens is 332 g/mol. The van der Waals surface area contributed by atoms with Crippen LogP contribution in [0.4, 0.5) is 0 Å². The molecule has 23 heavy (non-hydrogen) atoms. The summed E-state index contributed by atoms with van der Waals surface area (Å²) >= 11 is 7.63. The number of ether oxygens (including phenoxy) is 1. The number of carbonyl (C=O) groups excluding carboxylic acids is 1. The molecule has 0 unspecified atom stereocenters. The van der Waals surface area contributed by atoms with Crippen LogP contribution in [0.1, 0.15) is 17.3 Å². The highest BCUT2D eigenvalue weighted by atomic mass is 35.5. The van der Waals surface area contributed by atoms with E-state index in [2.05, 4.69) is 10.3 Å². The fourth-order valence-electron chi connectivity index (χ4n) is 2.05. The van der Waals surface area contributed by atoms with Crippen LogP contribution in [0.25, 0.3) is 0 Å². The SMILES string of the molecule is COC[C@@H](NC(=O)CSCc1ccccc1Cl)c1ccccn1. The Kier molecular flexibility index (Phi) is 7.39. The van der Waals surface area contributed by atoms with E-state index >= 15 is 0 Å². The lowest BCUT2D eigenvalue weighted by molar-refractivity contribution is -0.119. The first-order chi connectivity index (χ1) is 11.2. The summed E-state index contributed by atoms with van der Waals surface area (Å²) in [4.78, 5) is 16.4. The van der Waals surface area contributed by atoms with Crippen molar-refractivity contribution in [3.8, 4) is 0 Å². The normalized spacial score (nSPS) is 11.9. The van der Waals surface area contributed by atoms with Gasteiger partial charge in [0, 0.05) is 24.1 Å². The highest BCUT2D eigenvalue weighted by molar-refractivity contribution is 7.99. The lowest BCUT2D eigenvalue weighted by Crippen LogP contribution is -2.33. The van der Waals surface area contributed by atoms with Gasteiger partial charge in [0.1, 0.15) is 0 Å². The quantitative estimate of drug-likeness (QED) is 0.792. The lowest BCUT2D eigenvalue weighted by atomic mass is 10.2. The molecule has 122 valence electrons. The second-order valence-corrected chi connectivity index (χ2v) is 6.31. The number of nitrogens with zero attached hydrogens (tertiary/aromatic N) is 1. The Balaban J connectivity index is 1.84. The molecule has 1 N–H and O–H groups in total. The molecule has 2 rings (SSSR count). The first kappa shape index (κ1) is 17.8. The Labute approximate surface area is 145 Å². The van der Waals surface area contributed by atoms with Gasteiger partial charge in [-0.15, -0.1) is 11.8 Å². The summed E-state index contributed by atoms with van der Waals surface area (Å²) in [5.74, 6) is 1.01. The van der Waals surface area contributed by atoms with E-state index in [-0.39, 0.29) is 11.9 Å². The molecule has 1 aromatic carbocycles. The van der Waals surface area contributed by atoms with Gasteiger partial charge in [0.05, 0.1) is 24.1 Å². The molecule has 0 aliphatic rings. The van der Waals surface area contributed by atoms with E-state index in [4.69, 9.17) is 16.3 Å². The van der Waals surface area contributed by atoms with E-state index < -0.39 is 0 Å². The summed E-state index contributed by atoms with van der Waals surface area (Å²) in [5.41, 5.74) is 1.82. The predicted molar refractivity (Wildman–Crippen MR) is 94.6 cm³/mol. The molecule has 2 aromatic rings. The van der Waals surface area contributed by atoms with Gasteiger partial charge in [-0.25, -0.2) is 0 Å². The van der Waals surface area contributed by atoms with Crippen molar-refractivity contribution in [3.05, 3.63) is 64.9 Å². The zero-order chi connectivity index (χ0) is 16.5. The number of pyridine rings is 1. The van der Waals surface area contributed by atoms with Crippen LogP contribution < -0.4 is 5.32 Å². The molecule has 6 heteroatoms. The minimum Gasteiger partial charge on any atom is -0.382 e. The van der Waals surface area contributed by atoms with Crippen molar-refractivity contribution in [1.82, 2.24) is 10.3 Å². The first-order valence-corrected chi connectivity index (χ1v) is 8.74. The number of hydrogen-bond donors (Lipinski definition) is 1. The van der Waals surface area contributed by atoms with Crippen LogP contribution >= 0.6 is 23.4 Å². The Bertz CT molecular complexity index is 625. The molecule has 0 spiro atoms. The van der Waals surface area contributed by atoms with E-state index in [0.717, 1.165) is 16.3 Å². The van der Waals surface area contributed by atoms with Crippen LogP contribution in [-0.2, 0) is 15.3 Å². The third-order valence-corrected chi connectivity index (χ3v) is 4.51. The van der Waals surface area contributed by atoms with Crippen LogP contribution in [0.2, 0.25) is 5.02 Å². The molecule has 1 aromatic heterocycles. The molecule has 1 atom stereocenters.